The Labute approximate surface area is 219 Å². The third kappa shape index (κ3) is 3.60. The zero-order chi connectivity index (χ0) is 25.4. The van der Waals surface area contributed by atoms with E-state index in [0.717, 1.165) is 33.3 Å². The Morgan fingerprint density at radius 2 is 1.32 bits per heavy atom. The first-order valence-corrected chi connectivity index (χ1v) is 12.3. The van der Waals surface area contributed by atoms with Crippen LogP contribution < -0.4 is 4.74 Å². The highest BCUT2D eigenvalue weighted by atomic mass is 35.5. The molecule has 0 saturated heterocycles. The number of ether oxygens (including phenoxy) is 1. The Hall–Kier alpha value is -4.42. The molecule has 0 radical (unpaired) electrons. The fourth-order valence-electron chi connectivity index (χ4n) is 5.17. The number of pyridine rings is 1. The Morgan fingerprint density at radius 1 is 0.784 bits per heavy atom. The lowest BCUT2D eigenvalue weighted by Crippen LogP contribution is -2.38. The van der Waals surface area contributed by atoms with Gasteiger partial charge in [-0.1, -0.05) is 103 Å². The second-order valence-corrected chi connectivity index (χ2v) is 9.14. The molecular weight excluding hydrogens is 482 g/mol. The van der Waals surface area contributed by atoms with Crippen molar-refractivity contribution in [2.75, 3.05) is 7.11 Å². The van der Waals surface area contributed by atoms with E-state index in [9.17, 15) is 0 Å². The zero-order valence-electron chi connectivity index (χ0n) is 20.4. The minimum Gasteiger partial charge on any atom is -0.479 e. The fraction of sp³-hybridized carbons (Fsp3) is 0.100. The highest BCUT2D eigenvalue weighted by molar-refractivity contribution is 6.30. The molecule has 6 nitrogen and oxygen atoms in total. The van der Waals surface area contributed by atoms with Crippen molar-refractivity contribution in [2.45, 2.75) is 5.54 Å². The molecule has 0 spiro atoms. The molecule has 3 heterocycles. The van der Waals surface area contributed by atoms with Gasteiger partial charge in [-0.3, -0.25) is 4.68 Å². The topological polar surface area (TPSA) is 57.8 Å². The third-order valence-electron chi connectivity index (χ3n) is 6.75. The first-order chi connectivity index (χ1) is 18.1. The Balaban J connectivity index is 1.82. The molecule has 3 aromatic carbocycles. The summed E-state index contributed by atoms with van der Waals surface area (Å²) in [7, 11) is 3.51. The van der Waals surface area contributed by atoms with E-state index in [4.69, 9.17) is 26.4 Å². The molecule has 37 heavy (non-hydrogen) atoms. The van der Waals surface area contributed by atoms with Gasteiger partial charge in [0.1, 0.15) is 16.4 Å². The lowest BCUT2D eigenvalue weighted by molar-refractivity contribution is 0.378. The number of fused-ring (bicyclic) bond motifs is 1. The molecule has 0 bridgehead atoms. The van der Waals surface area contributed by atoms with Crippen LogP contribution in [0.2, 0.25) is 5.15 Å². The molecule has 6 aromatic rings. The summed E-state index contributed by atoms with van der Waals surface area (Å²) >= 11 is 6.68. The normalized spacial score (nSPS) is 11.6. The van der Waals surface area contributed by atoms with Gasteiger partial charge in [0.05, 0.1) is 23.7 Å². The van der Waals surface area contributed by atoms with Crippen LogP contribution in [0.1, 0.15) is 16.7 Å². The van der Waals surface area contributed by atoms with E-state index in [-0.39, 0.29) is 0 Å². The van der Waals surface area contributed by atoms with Gasteiger partial charge in [-0.2, -0.15) is 5.10 Å². The number of aromatic nitrogens is 5. The van der Waals surface area contributed by atoms with Crippen molar-refractivity contribution in [3.05, 3.63) is 131 Å². The van der Waals surface area contributed by atoms with Gasteiger partial charge in [0.2, 0.25) is 5.88 Å². The maximum Gasteiger partial charge on any atom is 0.242 e. The zero-order valence-corrected chi connectivity index (χ0v) is 21.2. The van der Waals surface area contributed by atoms with Crippen LogP contribution in [0, 0.1) is 0 Å². The highest BCUT2D eigenvalue weighted by Gasteiger charge is 2.41. The Kier molecular flexibility index (Phi) is 5.74. The van der Waals surface area contributed by atoms with Crippen molar-refractivity contribution in [3.8, 4) is 17.3 Å². The van der Waals surface area contributed by atoms with Gasteiger partial charge in [0.15, 0.2) is 0 Å². The van der Waals surface area contributed by atoms with Crippen molar-refractivity contribution >= 4 is 22.5 Å². The molecule has 182 valence electrons. The highest BCUT2D eigenvalue weighted by Crippen LogP contribution is 2.45. The monoisotopic (exact) mass is 505 g/mol. The van der Waals surface area contributed by atoms with E-state index in [0.29, 0.717) is 16.7 Å². The number of aryl methyl sites for hydroxylation is 1. The molecule has 0 N–H and O–H groups in total. The van der Waals surface area contributed by atoms with Gasteiger partial charge < -0.3 is 4.74 Å². The molecule has 6 rings (SSSR count). The van der Waals surface area contributed by atoms with Crippen molar-refractivity contribution < 1.29 is 4.74 Å². The van der Waals surface area contributed by atoms with Crippen LogP contribution in [0.15, 0.2) is 109 Å². The molecule has 0 saturated carbocycles. The first kappa shape index (κ1) is 23.0. The smallest absolute Gasteiger partial charge is 0.242 e. The maximum absolute atomic E-state index is 6.68. The average molecular weight is 506 g/mol. The van der Waals surface area contributed by atoms with Crippen molar-refractivity contribution in [1.82, 2.24) is 24.5 Å². The first-order valence-electron chi connectivity index (χ1n) is 11.9. The van der Waals surface area contributed by atoms with E-state index in [1.807, 2.05) is 42.1 Å². The van der Waals surface area contributed by atoms with Gasteiger partial charge >= 0.3 is 0 Å². The van der Waals surface area contributed by atoms with Crippen LogP contribution in [0.25, 0.3) is 22.3 Å². The van der Waals surface area contributed by atoms with Gasteiger partial charge in [0.25, 0.3) is 0 Å². The van der Waals surface area contributed by atoms with Crippen molar-refractivity contribution in [3.63, 3.8) is 0 Å². The summed E-state index contributed by atoms with van der Waals surface area (Å²) < 4.78 is 9.68. The number of nitrogens with zero attached hydrogens (tertiary/aromatic N) is 5. The van der Waals surface area contributed by atoms with Crippen LogP contribution in [0.4, 0.5) is 0 Å². The molecular formula is C30H24ClN5O. The molecule has 7 heteroatoms. The predicted octanol–water partition coefficient (Wildman–Crippen LogP) is 6.33. The van der Waals surface area contributed by atoms with Crippen LogP contribution in [-0.4, -0.2) is 31.7 Å². The van der Waals surface area contributed by atoms with E-state index in [1.165, 1.54) is 0 Å². The number of hydrogen-bond acceptors (Lipinski definition) is 4. The maximum atomic E-state index is 6.68. The van der Waals surface area contributed by atoms with Gasteiger partial charge in [-0.05, 0) is 22.8 Å². The summed E-state index contributed by atoms with van der Waals surface area (Å²) in [4.78, 5) is 4.70. The van der Waals surface area contributed by atoms with Gasteiger partial charge in [0, 0.05) is 19.3 Å². The van der Waals surface area contributed by atoms with Crippen molar-refractivity contribution in [1.29, 1.82) is 0 Å². The molecule has 0 fully saturated rings. The Bertz CT molecular complexity index is 1580. The van der Waals surface area contributed by atoms with Crippen LogP contribution >= 0.6 is 11.6 Å². The molecule has 3 aromatic heterocycles. The van der Waals surface area contributed by atoms with E-state index >= 15 is 0 Å². The second-order valence-electron chi connectivity index (χ2n) is 8.76. The number of benzene rings is 3. The van der Waals surface area contributed by atoms with E-state index in [1.54, 1.807) is 18.0 Å². The summed E-state index contributed by atoms with van der Waals surface area (Å²) in [5.41, 5.74) is 4.60. The summed E-state index contributed by atoms with van der Waals surface area (Å²) in [5, 5.41) is 10.6. The molecule has 0 aliphatic heterocycles. The molecule has 0 aliphatic rings. The Morgan fingerprint density at radius 3 is 1.78 bits per heavy atom. The van der Waals surface area contributed by atoms with Gasteiger partial charge in [-0.25, -0.2) is 9.67 Å². The predicted molar refractivity (Wildman–Crippen MR) is 146 cm³/mol. The second kappa shape index (κ2) is 9.22. The quantitative estimate of drug-likeness (QED) is 0.196. The van der Waals surface area contributed by atoms with Crippen LogP contribution in [-0.2, 0) is 12.6 Å². The number of methoxy groups -OCH3 is 1. The number of halogens is 1. The summed E-state index contributed by atoms with van der Waals surface area (Å²) in [5.74, 6) is 0.461. The van der Waals surface area contributed by atoms with E-state index < -0.39 is 5.54 Å². The summed E-state index contributed by atoms with van der Waals surface area (Å²) in [6.07, 6.45) is 1.74. The van der Waals surface area contributed by atoms with Crippen LogP contribution in [0.5, 0.6) is 5.88 Å². The standard InChI is InChI=1S/C30H24ClN5O/c1-35-24(18-19-32-35)28-27-25(20-26(31)33-28)36(34-29(27)37-2)30(21-12-6-3-7-13-21,22-14-8-4-9-15-22)23-16-10-5-11-17-23/h3-20H,1-2H3. The number of rotatable bonds is 6. The van der Waals surface area contributed by atoms with E-state index in [2.05, 4.69) is 77.9 Å². The fourth-order valence-corrected chi connectivity index (χ4v) is 5.36. The molecule has 0 atom stereocenters. The summed E-state index contributed by atoms with van der Waals surface area (Å²) in [6.45, 7) is 0. The lowest BCUT2D eigenvalue weighted by atomic mass is 9.77. The molecule has 0 unspecified atom stereocenters. The summed E-state index contributed by atoms with van der Waals surface area (Å²) in [6, 6.07) is 34.9. The third-order valence-corrected chi connectivity index (χ3v) is 6.94. The number of hydrogen-bond donors (Lipinski definition) is 0. The largest absolute Gasteiger partial charge is 0.479 e. The minimum atomic E-state index is -0.826. The molecule has 0 amide bonds. The van der Waals surface area contributed by atoms with Gasteiger partial charge in [-0.15, -0.1) is 5.10 Å². The lowest BCUT2D eigenvalue weighted by Gasteiger charge is -2.36. The van der Waals surface area contributed by atoms with Crippen LogP contribution in [0.3, 0.4) is 0 Å². The van der Waals surface area contributed by atoms with Crippen molar-refractivity contribution in [2.24, 2.45) is 7.05 Å². The SMILES string of the molecule is COc1nn(C(c2ccccc2)(c2ccccc2)c2ccccc2)c2cc(Cl)nc(-c3ccnn3C)c12. The molecule has 0 aliphatic carbocycles. The average Bonchev–Trinajstić information content (AvgIpc) is 3.54. The minimum absolute atomic E-state index is 0.357.